The number of anilines is 2. The highest BCUT2D eigenvalue weighted by atomic mass is 79.9. The van der Waals surface area contributed by atoms with Gasteiger partial charge in [-0.25, -0.2) is 4.98 Å². The van der Waals surface area contributed by atoms with Crippen molar-refractivity contribution in [1.82, 2.24) is 9.97 Å². The van der Waals surface area contributed by atoms with Gasteiger partial charge in [-0.3, -0.25) is 4.79 Å². The van der Waals surface area contributed by atoms with Gasteiger partial charge < -0.3 is 10.3 Å². The summed E-state index contributed by atoms with van der Waals surface area (Å²) in [6.45, 7) is 0. The summed E-state index contributed by atoms with van der Waals surface area (Å²) >= 11 is 8.82. The predicted molar refractivity (Wildman–Crippen MR) is 72.3 cm³/mol. The maximum Gasteiger partial charge on any atom is 0.416 e. The molecule has 0 amide bonds. The highest BCUT2D eigenvalue weighted by molar-refractivity contribution is 9.10. The second kappa shape index (κ2) is 5.45. The molecule has 0 saturated carbocycles. The lowest BCUT2D eigenvalue weighted by Gasteiger charge is -2.12. The van der Waals surface area contributed by atoms with E-state index >= 15 is 0 Å². The maximum atomic E-state index is 12.6. The van der Waals surface area contributed by atoms with Gasteiger partial charge in [-0.1, -0.05) is 11.6 Å². The summed E-state index contributed by atoms with van der Waals surface area (Å²) in [5.41, 5.74) is -1.32. The van der Waals surface area contributed by atoms with Crippen molar-refractivity contribution in [3.63, 3.8) is 0 Å². The molecule has 0 aliphatic rings. The molecular weight excluding hydrogens is 362 g/mol. The first-order valence-electron chi connectivity index (χ1n) is 5.16. The Hall–Kier alpha value is -1.54. The van der Waals surface area contributed by atoms with Gasteiger partial charge in [0.2, 0.25) is 0 Å². The van der Waals surface area contributed by atoms with Crippen LogP contribution in [0.4, 0.5) is 24.7 Å². The number of hydrogen-bond acceptors (Lipinski definition) is 3. The number of alkyl halides is 3. The fourth-order valence-electron chi connectivity index (χ4n) is 1.40. The Balaban J connectivity index is 2.43. The molecule has 0 bridgehead atoms. The van der Waals surface area contributed by atoms with E-state index in [2.05, 4.69) is 31.2 Å². The molecule has 106 valence electrons. The lowest BCUT2D eigenvalue weighted by Crippen LogP contribution is -2.11. The van der Waals surface area contributed by atoms with Crippen LogP contribution in [0.5, 0.6) is 0 Å². The third-order valence-corrected chi connectivity index (χ3v) is 3.41. The van der Waals surface area contributed by atoms with Gasteiger partial charge in [0, 0.05) is 0 Å². The molecule has 0 spiro atoms. The number of H-pyrrole nitrogens is 1. The van der Waals surface area contributed by atoms with Gasteiger partial charge in [-0.2, -0.15) is 13.2 Å². The molecule has 0 radical (unpaired) electrons. The Kier molecular flexibility index (Phi) is 4.05. The molecule has 0 aliphatic carbocycles. The van der Waals surface area contributed by atoms with Crippen LogP contribution in [0.1, 0.15) is 5.56 Å². The highest BCUT2D eigenvalue weighted by Gasteiger charge is 2.31. The van der Waals surface area contributed by atoms with Crippen molar-refractivity contribution < 1.29 is 13.2 Å². The molecular formula is C11H6BrClF3N3O. The van der Waals surface area contributed by atoms with Crippen molar-refractivity contribution in [3.8, 4) is 0 Å². The Morgan fingerprint density at radius 2 is 2.05 bits per heavy atom. The zero-order chi connectivity index (χ0) is 14.9. The Bertz CT molecular complexity index is 702. The predicted octanol–water partition coefficient (Wildman–Crippen LogP) is 3.95. The summed E-state index contributed by atoms with van der Waals surface area (Å²) in [5.74, 6) is 0.0648. The van der Waals surface area contributed by atoms with Crippen LogP contribution in [-0.4, -0.2) is 9.97 Å². The molecule has 0 atom stereocenters. The molecule has 1 aromatic carbocycles. The number of benzene rings is 1. The molecule has 0 unspecified atom stereocenters. The fourth-order valence-corrected chi connectivity index (χ4v) is 1.88. The van der Waals surface area contributed by atoms with Crippen LogP contribution >= 0.6 is 27.5 Å². The van der Waals surface area contributed by atoms with E-state index in [9.17, 15) is 18.0 Å². The van der Waals surface area contributed by atoms with Crippen molar-refractivity contribution in [2.24, 2.45) is 0 Å². The SMILES string of the molecule is O=c1[nH]cnc(Nc2cc(C(F)(F)F)ccc2Cl)c1Br. The molecule has 0 saturated heterocycles. The van der Waals surface area contributed by atoms with E-state index in [0.29, 0.717) is 0 Å². The summed E-state index contributed by atoms with van der Waals surface area (Å²) < 4.78 is 38.0. The first-order chi connectivity index (χ1) is 9.29. The fraction of sp³-hybridized carbons (Fsp3) is 0.0909. The Labute approximate surface area is 124 Å². The Morgan fingerprint density at radius 1 is 1.35 bits per heavy atom. The topological polar surface area (TPSA) is 57.8 Å². The number of hydrogen-bond donors (Lipinski definition) is 2. The molecule has 2 rings (SSSR count). The zero-order valence-electron chi connectivity index (χ0n) is 9.55. The Morgan fingerprint density at radius 3 is 2.70 bits per heavy atom. The van der Waals surface area contributed by atoms with E-state index in [-0.39, 0.29) is 21.0 Å². The van der Waals surface area contributed by atoms with E-state index < -0.39 is 17.3 Å². The minimum Gasteiger partial charge on any atom is -0.338 e. The van der Waals surface area contributed by atoms with Crippen molar-refractivity contribution in [2.45, 2.75) is 6.18 Å². The zero-order valence-corrected chi connectivity index (χ0v) is 11.9. The summed E-state index contributed by atoms with van der Waals surface area (Å²) in [7, 11) is 0. The van der Waals surface area contributed by atoms with Gasteiger partial charge in [0.1, 0.15) is 4.47 Å². The summed E-state index contributed by atoms with van der Waals surface area (Å²) in [5, 5.41) is 2.66. The standard InChI is InChI=1S/C11H6BrClF3N3O/c12-8-9(17-4-18-10(8)20)19-7-3-5(11(14,15)16)1-2-6(7)13/h1-4H,(H2,17,18,19,20). The average Bonchev–Trinajstić information content (AvgIpc) is 2.36. The summed E-state index contributed by atoms with van der Waals surface area (Å²) in [6, 6.07) is 2.83. The van der Waals surface area contributed by atoms with E-state index in [0.717, 1.165) is 24.5 Å². The van der Waals surface area contributed by atoms with Gasteiger partial charge in [0.05, 0.1) is 22.6 Å². The number of halogens is 5. The number of aromatic amines is 1. The quantitative estimate of drug-likeness (QED) is 0.844. The molecule has 20 heavy (non-hydrogen) atoms. The first-order valence-corrected chi connectivity index (χ1v) is 6.33. The van der Waals surface area contributed by atoms with E-state index in [1.807, 2.05) is 0 Å². The van der Waals surface area contributed by atoms with Gasteiger partial charge in [-0.05, 0) is 34.1 Å². The summed E-state index contributed by atoms with van der Waals surface area (Å²) in [6.07, 6.45) is -3.36. The van der Waals surface area contributed by atoms with Crippen LogP contribution in [0.2, 0.25) is 5.02 Å². The molecule has 9 heteroatoms. The van der Waals surface area contributed by atoms with Crippen LogP contribution < -0.4 is 10.9 Å². The normalized spacial score (nSPS) is 11.4. The number of aromatic nitrogens is 2. The number of nitrogens with one attached hydrogen (secondary N) is 2. The average molecular weight is 369 g/mol. The smallest absolute Gasteiger partial charge is 0.338 e. The van der Waals surface area contributed by atoms with Crippen LogP contribution in [0.15, 0.2) is 33.8 Å². The molecule has 1 aromatic heterocycles. The monoisotopic (exact) mass is 367 g/mol. The maximum absolute atomic E-state index is 12.6. The second-order valence-electron chi connectivity index (χ2n) is 3.71. The van der Waals surface area contributed by atoms with Crippen molar-refractivity contribution in [2.75, 3.05) is 5.32 Å². The minimum absolute atomic E-state index is 0.000270. The van der Waals surface area contributed by atoms with Crippen LogP contribution in [0, 0.1) is 0 Å². The molecule has 0 aliphatic heterocycles. The third kappa shape index (κ3) is 3.13. The number of rotatable bonds is 2. The van der Waals surface area contributed by atoms with Crippen molar-refractivity contribution >= 4 is 39.0 Å². The lowest BCUT2D eigenvalue weighted by molar-refractivity contribution is -0.137. The molecule has 4 nitrogen and oxygen atoms in total. The minimum atomic E-state index is -4.49. The van der Waals surface area contributed by atoms with E-state index in [1.165, 1.54) is 0 Å². The van der Waals surface area contributed by atoms with Gasteiger partial charge in [-0.15, -0.1) is 0 Å². The highest BCUT2D eigenvalue weighted by Crippen LogP contribution is 2.35. The molecule has 2 N–H and O–H groups in total. The van der Waals surface area contributed by atoms with Crippen molar-refractivity contribution in [1.29, 1.82) is 0 Å². The van der Waals surface area contributed by atoms with E-state index in [4.69, 9.17) is 11.6 Å². The van der Waals surface area contributed by atoms with Crippen molar-refractivity contribution in [3.05, 3.63) is 49.9 Å². The van der Waals surface area contributed by atoms with Gasteiger partial charge >= 0.3 is 6.18 Å². The second-order valence-corrected chi connectivity index (χ2v) is 4.91. The van der Waals surface area contributed by atoms with Gasteiger partial charge in [0.25, 0.3) is 5.56 Å². The van der Waals surface area contributed by atoms with Crippen LogP contribution in [-0.2, 0) is 6.18 Å². The van der Waals surface area contributed by atoms with E-state index in [1.54, 1.807) is 0 Å². The lowest BCUT2D eigenvalue weighted by atomic mass is 10.2. The van der Waals surface area contributed by atoms with Gasteiger partial charge in [0.15, 0.2) is 5.82 Å². The molecule has 1 heterocycles. The summed E-state index contributed by atoms with van der Waals surface area (Å²) in [4.78, 5) is 17.5. The molecule has 2 aromatic rings. The molecule has 0 fully saturated rings. The first kappa shape index (κ1) is 14.9. The van der Waals surface area contributed by atoms with Crippen LogP contribution in [0.25, 0.3) is 0 Å². The van der Waals surface area contributed by atoms with Crippen LogP contribution in [0.3, 0.4) is 0 Å². The number of nitrogens with zero attached hydrogens (tertiary/aromatic N) is 1. The third-order valence-electron chi connectivity index (χ3n) is 2.34. The largest absolute Gasteiger partial charge is 0.416 e.